The Morgan fingerprint density at radius 3 is 2.74 bits per heavy atom. The number of fused-ring (bicyclic) bond motifs is 1. The summed E-state index contributed by atoms with van der Waals surface area (Å²) in [6.45, 7) is 5.61. The molecule has 0 unspecified atom stereocenters. The second-order valence-corrected chi connectivity index (χ2v) is 8.88. The highest BCUT2D eigenvalue weighted by molar-refractivity contribution is 5.95. The Morgan fingerprint density at radius 1 is 1.14 bits per heavy atom. The Bertz CT molecular complexity index is 1310. The minimum absolute atomic E-state index is 0.0616. The molecule has 1 atom stereocenters. The van der Waals surface area contributed by atoms with Gasteiger partial charge >= 0.3 is 0 Å². The summed E-state index contributed by atoms with van der Waals surface area (Å²) in [5.74, 6) is 1.36. The molecule has 182 valence electrons. The van der Waals surface area contributed by atoms with Crippen LogP contribution in [0.4, 0.5) is 0 Å². The average Bonchev–Trinajstić information content (AvgIpc) is 3.51. The standard InChI is InChI=1S/C26H29N5O4/c1-17-16-30(2)10-11-31(17)26(32)19-6-4-18(5-7-19)22-15-24(35-29-22)25-21-9-8-20(34-13-12-33-3)14-23(21)27-28-25/h4-9,14-15,17H,10-13,16H2,1-3H3,(H,27,28)/t17-/m0/s1. The number of ether oxygens (including phenoxy) is 2. The fourth-order valence-electron chi connectivity index (χ4n) is 4.43. The molecule has 1 N–H and O–H groups in total. The third-order valence-electron chi connectivity index (χ3n) is 6.35. The van der Waals surface area contributed by atoms with Crippen molar-refractivity contribution in [2.75, 3.05) is 47.0 Å². The van der Waals surface area contributed by atoms with Gasteiger partial charge in [-0.15, -0.1) is 0 Å². The molecule has 1 saturated heterocycles. The predicted octanol–water partition coefficient (Wildman–Crippen LogP) is 3.69. The SMILES string of the molecule is COCCOc1ccc2c(-c3cc(-c4ccc(C(=O)N5CCN(C)C[C@@H]5C)cc4)no3)n[nH]c2c1. The van der Waals surface area contributed by atoms with E-state index < -0.39 is 0 Å². The van der Waals surface area contributed by atoms with Crippen molar-refractivity contribution in [3.63, 3.8) is 0 Å². The second-order valence-electron chi connectivity index (χ2n) is 8.88. The van der Waals surface area contributed by atoms with E-state index in [1.807, 2.05) is 53.4 Å². The molecule has 9 nitrogen and oxygen atoms in total. The lowest BCUT2D eigenvalue weighted by Crippen LogP contribution is -2.52. The summed E-state index contributed by atoms with van der Waals surface area (Å²) >= 11 is 0. The summed E-state index contributed by atoms with van der Waals surface area (Å²) in [7, 11) is 3.73. The third kappa shape index (κ3) is 4.78. The van der Waals surface area contributed by atoms with Crippen LogP contribution in [0.5, 0.6) is 5.75 Å². The maximum Gasteiger partial charge on any atom is 0.254 e. The van der Waals surface area contributed by atoms with Crippen LogP contribution in [0.25, 0.3) is 33.6 Å². The highest BCUT2D eigenvalue weighted by atomic mass is 16.5. The minimum Gasteiger partial charge on any atom is -0.491 e. The number of H-pyrrole nitrogens is 1. The van der Waals surface area contributed by atoms with E-state index in [1.54, 1.807) is 7.11 Å². The van der Waals surface area contributed by atoms with Gasteiger partial charge in [-0.1, -0.05) is 17.3 Å². The van der Waals surface area contributed by atoms with E-state index in [1.165, 1.54) is 0 Å². The molecule has 0 radical (unpaired) electrons. The Hall–Kier alpha value is -3.69. The number of nitrogens with zero attached hydrogens (tertiary/aromatic N) is 4. The molecule has 2 aromatic carbocycles. The van der Waals surface area contributed by atoms with Crippen molar-refractivity contribution < 1.29 is 18.8 Å². The summed E-state index contributed by atoms with van der Waals surface area (Å²) in [6, 6.07) is 15.3. The average molecular weight is 476 g/mol. The number of carbonyl (C=O) groups excluding carboxylic acids is 1. The zero-order valence-electron chi connectivity index (χ0n) is 20.2. The van der Waals surface area contributed by atoms with Gasteiger partial charge in [0, 0.05) is 61.4 Å². The maximum atomic E-state index is 13.0. The molecular formula is C26H29N5O4. The molecule has 1 aliphatic rings. The highest BCUT2D eigenvalue weighted by Gasteiger charge is 2.26. The first-order chi connectivity index (χ1) is 17.0. The molecule has 0 bridgehead atoms. The third-order valence-corrected chi connectivity index (χ3v) is 6.35. The Morgan fingerprint density at radius 2 is 1.97 bits per heavy atom. The zero-order valence-corrected chi connectivity index (χ0v) is 20.2. The summed E-state index contributed by atoms with van der Waals surface area (Å²) in [5.41, 5.74) is 3.75. The number of piperazine rings is 1. The van der Waals surface area contributed by atoms with Crippen LogP contribution in [0, 0.1) is 0 Å². The highest BCUT2D eigenvalue weighted by Crippen LogP contribution is 2.31. The van der Waals surface area contributed by atoms with Gasteiger partial charge in [-0.25, -0.2) is 0 Å². The number of carbonyl (C=O) groups is 1. The molecule has 9 heteroatoms. The number of likely N-dealkylation sites (N-methyl/N-ethyl adjacent to an activating group) is 1. The molecule has 1 fully saturated rings. The molecule has 0 saturated carbocycles. The van der Waals surface area contributed by atoms with Gasteiger partial charge in [-0.3, -0.25) is 9.89 Å². The van der Waals surface area contributed by atoms with Crippen LogP contribution in [0.3, 0.4) is 0 Å². The molecule has 35 heavy (non-hydrogen) atoms. The van der Waals surface area contributed by atoms with Crippen molar-refractivity contribution in [3.8, 4) is 28.5 Å². The first-order valence-corrected chi connectivity index (χ1v) is 11.7. The fourth-order valence-corrected chi connectivity index (χ4v) is 4.43. The van der Waals surface area contributed by atoms with E-state index >= 15 is 0 Å². The van der Waals surface area contributed by atoms with Crippen molar-refractivity contribution in [1.82, 2.24) is 25.2 Å². The lowest BCUT2D eigenvalue weighted by molar-refractivity contribution is 0.0533. The summed E-state index contributed by atoms with van der Waals surface area (Å²) in [6.07, 6.45) is 0. The van der Waals surface area contributed by atoms with Gasteiger partial charge in [-0.05, 0) is 38.2 Å². The molecule has 5 rings (SSSR count). The predicted molar refractivity (Wildman–Crippen MR) is 132 cm³/mol. The lowest BCUT2D eigenvalue weighted by atomic mass is 10.1. The summed E-state index contributed by atoms with van der Waals surface area (Å²) in [5, 5.41) is 12.6. The fraction of sp³-hybridized carbons (Fsp3) is 0.346. The first-order valence-electron chi connectivity index (χ1n) is 11.7. The van der Waals surface area contributed by atoms with Crippen molar-refractivity contribution in [2.24, 2.45) is 0 Å². The Kier molecular flexibility index (Phi) is 6.52. The van der Waals surface area contributed by atoms with E-state index in [9.17, 15) is 4.79 Å². The van der Waals surface area contributed by atoms with Gasteiger partial charge in [0.2, 0.25) is 0 Å². The maximum absolute atomic E-state index is 13.0. The molecular weight excluding hydrogens is 446 g/mol. The summed E-state index contributed by atoms with van der Waals surface area (Å²) < 4.78 is 16.3. The van der Waals surface area contributed by atoms with Crippen LogP contribution < -0.4 is 4.74 Å². The van der Waals surface area contributed by atoms with Crippen molar-refractivity contribution in [3.05, 3.63) is 54.1 Å². The van der Waals surface area contributed by atoms with E-state index in [-0.39, 0.29) is 11.9 Å². The van der Waals surface area contributed by atoms with Crippen molar-refractivity contribution in [1.29, 1.82) is 0 Å². The second kappa shape index (κ2) is 9.89. The smallest absolute Gasteiger partial charge is 0.254 e. The number of nitrogens with one attached hydrogen (secondary N) is 1. The van der Waals surface area contributed by atoms with E-state index in [0.717, 1.165) is 41.9 Å². The van der Waals surface area contributed by atoms with Crippen LogP contribution in [0.15, 0.2) is 53.1 Å². The van der Waals surface area contributed by atoms with Crippen molar-refractivity contribution >= 4 is 16.8 Å². The number of hydrogen-bond acceptors (Lipinski definition) is 7. The van der Waals surface area contributed by atoms with Gasteiger partial charge in [-0.2, -0.15) is 5.10 Å². The van der Waals surface area contributed by atoms with Crippen molar-refractivity contribution in [2.45, 2.75) is 13.0 Å². The van der Waals surface area contributed by atoms with Crippen LogP contribution in [-0.4, -0.2) is 84.1 Å². The molecule has 0 spiro atoms. The molecule has 1 aliphatic heterocycles. The zero-order chi connectivity index (χ0) is 24.4. The Labute approximate surface area is 203 Å². The van der Waals surface area contributed by atoms with E-state index in [2.05, 4.69) is 34.2 Å². The topological polar surface area (TPSA) is 96.7 Å². The van der Waals surface area contributed by atoms with Gasteiger partial charge in [0.05, 0.1) is 12.1 Å². The van der Waals surface area contributed by atoms with Gasteiger partial charge < -0.3 is 23.8 Å². The summed E-state index contributed by atoms with van der Waals surface area (Å²) in [4.78, 5) is 17.2. The molecule has 4 aromatic rings. The molecule has 0 aliphatic carbocycles. The number of aromatic amines is 1. The van der Waals surface area contributed by atoms with Gasteiger partial charge in [0.15, 0.2) is 5.76 Å². The molecule has 3 heterocycles. The van der Waals surface area contributed by atoms with Crippen LogP contribution in [0.2, 0.25) is 0 Å². The lowest BCUT2D eigenvalue weighted by Gasteiger charge is -2.38. The monoisotopic (exact) mass is 475 g/mol. The Balaban J connectivity index is 1.31. The molecule has 1 amide bonds. The number of benzene rings is 2. The van der Waals surface area contributed by atoms with Gasteiger partial charge in [0.25, 0.3) is 5.91 Å². The normalized spacial score (nSPS) is 16.7. The number of aromatic nitrogens is 3. The minimum atomic E-state index is 0.0616. The molecule has 2 aromatic heterocycles. The van der Waals surface area contributed by atoms with Crippen LogP contribution in [-0.2, 0) is 4.74 Å². The van der Waals surface area contributed by atoms with E-state index in [4.69, 9.17) is 14.0 Å². The van der Waals surface area contributed by atoms with Gasteiger partial charge in [0.1, 0.15) is 23.7 Å². The number of methoxy groups -OCH3 is 1. The number of amides is 1. The quantitative estimate of drug-likeness (QED) is 0.407. The largest absolute Gasteiger partial charge is 0.491 e. The number of rotatable bonds is 7. The van der Waals surface area contributed by atoms with Crippen LogP contribution >= 0.6 is 0 Å². The van der Waals surface area contributed by atoms with Crippen LogP contribution in [0.1, 0.15) is 17.3 Å². The van der Waals surface area contributed by atoms with E-state index in [0.29, 0.717) is 35.9 Å². The first kappa shape index (κ1) is 23.1. The number of hydrogen-bond donors (Lipinski definition) is 1.